The Labute approximate surface area is 215 Å². The molecule has 0 fully saturated rings. The van der Waals surface area contributed by atoms with E-state index in [0.717, 1.165) is 22.0 Å². The number of benzene rings is 3. The molecule has 4 N–H and O–H groups in total. The number of azo groups is 1. The Morgan fingerprint density at radius 1 is 1.06 bits per heavy atom. The molecular formula is C26H27N5O3S2. The normalized spacial score (nSPS) is 12.3. The van der Waals surface area contributed by atoms with Gasteiger partial charge in [-0.2, -0.15) is 0 Å². The number of hydrogen-bond acceptors (Lipinski definition) is 5. The number of hydrogen-bond donors (Lipinski definition) is 3. The maximum Gasteiger partial charge on any atom is 0.240 e. The lowest BCUT2D eigenvalue weighted by Gasteiger charge is -2.19. The molecule has 0 unspecified atom stereocenters. The summed E-state index contributed by atoms with van der Waals surface area (Å²) in [5, 5.41) is 28.2. The van der Waals surface area contributed by atoms with Gasteiger partial charge in [-0.3, -0.25) is 0 Å². The first-order valence-corrected chi connectivity index (χ1v) is 13.1. The van der Waals surface area contributed by atoms with Crippen molar-refractivity contribution in [3.8, 4) is 5.88 Å². The van der Waals surface area contributed by atoms with E-state index in [1.54, 1.807) is 16.7 Å². The zero-order chi connectivity index (χ0) is 26.1. The summed E-state index contributed by atoms with van der Waals surface area (Å²) in [6.45, 7) is 6.77. The van der Waals surface area contributed by atoms with Gasteiger partial charge in [0, 0.05) is 5.39 Å². The fourth-order valence-corrected chi connectivity index (χ4v) is 4.71. The molecule has 0 saturated carbocycles. The molecule has 186 valence electrons. The van der Waals surface area contributed by atoms with Crippen LogP contribution < -0.4 is 10.5 Å². The summed E-state index contributed by atoms with van der Waals surface area (Å²) in [4.78, 5) is -0.111. The van der Waals surface area contributed by atoms with Crippen molar-refractivity contribution >= 4 is 49.6 Å². The number of rotatable bonds is 5. The molecule has 0 amide bonds. The number of primary sulfonamides is 1. The number of nitrogens with zero attached hydrogens (tertiary/aromatic N) is 3. The Morgan fingerprint density at radius 2 is 1.72 bits per heavy atom. The van der Waals surface area contributed by atoms with Crippen LogP contribution in [0.25, 0.3) is 10.9 Å². The van der Waals surface area contributed by atoms with Gasteiger partial charge >= 0.3 is 0 Å². The standard InChI is InChI=1S/C26H27N5O3S2/c1-26(2,3)18-13-14-21-19(15-18)23(24(32)31(21)16-17-9-5-4-6-10-17)29-30-25(35)28-20-11-7-8-12-22(20)36(27,33)34/h4-15,32H,16H2,1-3H3,(H,28,35)(H2,27,33,34). The van der Waals surface area contributed by atoms with Crippen molar-refractivity contribution in [2.75, 3.05) is 5.32 Å². The zero-order valence-electron chi connectivity index (χ0n) is 20.1. The van der Waals surface area contributed by atoms with Crippen LogP contribution in [0.15, 0.2) is 87.9 Å². The monoisotopic (exact) mass is 521 g/mol. The molecule has 36 heavy (non-hydrogen) atoms. The predicted molar refractivity (Wildman–Crippen MR) is 146 cm³/mol. The molecule has 8 nitrogen and oxygen atoms in total. The average Bonchev–Trinajstić information content (AvgIpc) is 3.07. The smallest absolute Gasteiger partial charge is 0.240 e. The van der Waals surface area contributed by atoms with E-state index in [1.165, 1.54) is 12.1 Å². The molecule has 0 radical (unpaired) electrons. The minimum Gasteiger partial charge on any atom is -0.493 e. The number of aromatic hydroxyl groups is 1. The van der Waals surface area contributed by atoms with E-state index < -0.39 is 10.0 Å². The minimum atomic E-state index is -3.96. The van der Waals surface area contributed by atoms with E-state index in [2.05, 4.69) is 36.3 Å². The van der Waals surface area contributed by atoms with Crippen LogP contribution >= 0.6 is 12.2 Å². The maximum absolute atomic E-state index is 11.9. The largest absolute Gasteiger partial charge is 0.493 e. The Morgan fingerprint density at radius 3 is 2.39 bits per heavy atom. The summed E-state index contributed by atoms with van der Waals surface area (Å²) in [5.41, 5.74) is 3.24. The first-order chi connectivity index (χ1) is 16.9. The number of sulfonamides is 1. The van der Waals surface area contributed by atoms with E-state index in [4.69, 9.17) is 17.4 Å². The van der Waals surface area contributed by atoms with E-state index in [0.29, 0.717) is 6.54 Å². The lowest BCUT2D eigenvalue weighted by atomic mass is 9.86. The summed E-state index contributed by atoms with van der Waals surface area (Å²) in [5.74, 6) is -0.0450. The molecule has 0 spiro atoms. The van der Waals surface area contributed by atoms with Crippen molar-refractivity contribution in [3.63, 3.8) is 0 Å². The summed E-state index contributed by atoms with van der Waals surface area (Å²) in [7, 11) is -3.96. The molecule has 0 bridgehead atoms. The highest BCUT2D eigenvalue weighted by Crippen LogP contribution is 2.41. The fraction of sp³-hybridized carbons (Fsp3) is 0.192. The van der Waals surface area contributed by atoms with Crippen molar-refractivity contribution in [2.45, 2.75) is 37.6 Å². The Hall–Kier alpha value is -3.60. The van der Waals surface area contributed by atoms with Crippen LogP contribution in [-0.4, -0.2) is 23.2 Å². The molecule has 0 atom stereocenters. The van der Waals surface area contributed by atoms with Gasteiger partial charge in [0.1, 0.15) is 4.90 Å². The van der Waals surface area contributed by atoms with Crippen molar-refractivity contribution in [3.05, 3.63) is 83.9 Å². The maximum atomic E-state index is 11.9. The van der Waals surface area contributed by atoms with Gasteiger partial charge in [0.2, 0.25) is 21.0 Å². The van der Waals surface area contributed by atoms with E-state index in [-0.39, 0.29) is 32.7 Å². The molecule has 3 aromatic carbocycles. The molecule has 4 rings (SSSR count). The van der Waals surface area contributed by atoms with E-state index >= 15 is 0 Å². The van der Waals surface area contributed by atoms with Gasteiger partial charge in [0.05, 0.1) is 17.7 Å². The van der Waals surface area contributed by atoms with Crippen molar-refractivity contribution < 1.29 is 13.5 Å². The molecule has 1 aromatic heterocycles. The van der Waals surface area contributed by atoms with Crippen molar-refractivity contribution in [1.82, 2.24) is 4.57 Å². The Balaban J connectivity index is 1.75. The number of thiocarbonyl (C=S) groups is 1. The third kappa shape index (κ3) is 5.46. The summed E-state index contributed by atoms with van der Waals surface area (Å²) in [6.07, 6.45) is 0. The second kappa shape index (κ2) is 9.81. The lowest BCUT2D eigenvalue weighted by molar-refractivity contribution is 0.429. The molecule has 1 heterocycles. The summed E-state index contributed by atoms with van der Waals surface area (Å²) >= 11 is 5.28. The molecule has 0 saturated heterocycles. The summed E-state index contributed by atoms with van der Waals surface area (Å²) in [6, 6.07) is 21.9. The van der Waals surface area contributed by atoms with Gasteiger partial charge in [-0.1, -0.05) is 69.3 Å². The molecule has 0 aliphatic rings. The highest BCUT2D eigenvalue weighted by Gasteiger charge is 2.21. The molecule has 10 heteroatoms. The second-order valence-corrected chi connectivity index (χ2v) is 11.3. The third-order valence-electron chi connectivity index (χ3n) is 5.74. The van der Waals surface area contributed by atoms with Gasteiger partial charge in [-0.05, 0) is 53.0 Å². The molecular weight excluding hydrogens is 494 g/mol. The van der Waals surface area contributed by atoms with Gasteiger partial charge in [0.15, 0.2) is 5.69 Å². The third-order valence-corrected chi connectivity index (χ3v) is 6.89. The number of anilines is 1. The molecule has 0 aliphatic carbocycles. The quantitative estimate of drug-likeness (QED) is 0.226. The number of fused-ring (bicyclic) bond motifs is 1. The number of nitrogens with one attached hydrogen (secondary N) is 1. The Kier molecular flexibility index (Phi) is 6.94. The van der Waals surface area contributed by atoms with Crippen LogP contribution in [-0.2, 0) is 22.0 Å². The number of para-hydroxylation sites is 1. The lowest BCUT2D eigenvalue weighted by Crippen LogP contribution is -2.16. The number of aromatic nitrogens is 1. The number of nitrogens with two attached hydrogens (primary N) is 1. The first kappa shape index (κ1) is 25.5. The SMILES string of the molecule is CC(C)(C)c1ccc2c(c1)c(N=NC(=S)Nc1ccccc1S(N)(=O)=O)c(O)n2Cc1ccccc1. The van der Waals surface area contributed by atoms with E-state index in [9.17, 15) is 13.5 Å². The fourth-order valence-electron chi connectivity index (χ4n) is 3.87. The second-order valence-electron chi connectivity index (χ2n) is 9.40. The molecule has 0 aliphatic heterocycles. The van der Waals surface area contributed by atoms with Gasteiger partial charge in [-0.25, -0.2) is 13.6 Å². The minimum absolute atomic E-state index is 0.0450. The molecule has 4 aromatic rings. The van der Waals surface area contributed by atoms with Gasteiger partial charge < -0.3 is 15.0 Å². The Bertz CT molecular complexity index is 1570. The van der Waals surface area contributed by atoms with Gasteiger partial charge in [0.25, 0.3) is 0 Å². The van der Waals surface area contributed by atoms with Gasteiger partial charge in [-0.15, -0.1) is 10.2 Å². The van der Waals surface area contributed by atoms with Crippen LogP contribution in [0.3, 0.4) is 0 Å². The van der Waals surface area contributed by atoms with Crippen LogP contribution in [0.5, 0.6) is 5.88 Å². The van der Waals surface area contributed by atoms with E-state index in [1.807, 2.05) is 48.5 Å². The first-order valence-electron chi connectivity index (χ1n) is 11.2. The topological polar surface area (TPSA) is 122 Å². The van der Waals surface area contributed by atoms with Crippen LogP contribution in [0.4, 0.5) is 11.4 Å². The predicted octanol–water partition coefficient (Wildman–Crippen LogP) is 5.82. The highest BCUT2D eigenvalue weighted by atomic mass is 32.2. The summed E-state index contributed by atoms with van der Waals surface area (Å²) < 4.78 is 25.5. The van der Waals surface area contributed by atoms with Crippen LogP contribution in [0.1, 0.15) is 31.9 Å². The average molecular weight is 522 g/mol. The van der Waals surface area contributed by atoms with Crippen molar-refractivity contribution in [1.29, 1.82) is 0 Å². The zero-order valence-corrected chi connectivity index (χ0v) is 21.8. The van der Waals surface area contributed by atoms with Crippen LogP contribution in [0, 0.1) is 0 Å². The van der Waals surface area contributed by atoms with Crippen LogP contribution in [0.2, 0.25) is 0 Å². The van der Waals surface area contributed by atoms with Crippen molar-refractivity contribution in [2.24, 2.45) is 15.4 Å². The highest BCUT2D eigenvalue weighted by molar-refractivity contribution is 7.89.